The Bertz CT molecular complexity index is 1300. The van der Waals surface area contributed by atoms with Crippen LogP contribution in [0, 0.1) is 0 Å². The molecule has 6 aromatic rings. The fraction of sp³-hybridized carbons (Fsp3) is 0.0345. The first-order valence-corrected chi connectivity index (χ1v) is 10.2. The van der Waals surface area contributed by atoms with Crippen LogP contribution in [0.2, 0.25) is 0 Å². The van der Waals surface area contributed by atoms with Crippen LogP contribution in [0.25, 0.3) is 43.4 Å². The van der Waals surface area contributed by atoms with E-state index in [1.165, 1.54) is 54.6 Å². The summed E-state index contributed by atoms with van der Waals surface area (Å²) in [6.45, 7) is 0. The highest BCUT2D eigenvalue weighted by Gasteiger charge is 2.15. The lowest BCUT2D eigenvalue weighted by Gasteiger charge is -2.09. The normalized spacial score (nSPS) is 12.0. The van der Waals surface area contributed by atoms with Crippen molar-refractivity contribution in [1.82, 2.24) is 0 Å². The van der Waals surface area contributed by atoms with Crippen LogP contribution < -0.4 is 0 Å². The molecule has 0 nitrogen and oxygen atoms in total. The molecule has 0 radical (unpaired) electrons. The molecule has 0 spiro atoms. The van der Waals surface area contributed by atoms with Gasteiger partial charge in [-0.25, -0.2) is 0 Å². The van der Waals surface area contributed by atoms with Crippen molar-refractivity contribution in [3.8, 4) is 11.1 Å². The molecule has 0 bridgehead atoms. The number of hydrogen-bond donors (Lipinski definition) is 0. The largest absolute Gasteiger partial charge is 0.0619 e. The molecule has 0 fully saturated rings. The van der Waals surface area contributed by atoms with Crippen molar-refractivity contribution >= 4 is 32.3 Å². The van der Waals surface area contributed by atoms with Crippen molar-refractivity contribution in [1.29, 1.82) is 0 Å². The quantitative estimate of drug-likeness (QED) is 0.239. The molecule has 0 heteroatoms. The summed E-state index contributed by atoms with van der Waals surface area (Å²) in [5, 5.41) is 8.14. The van der Waals surface area contributed by atoms with Crippen LogP contribution in [-0.4, -0.2) is 0 Å². The minimum Gasteiger partial charge on any atom is -0.0619 e. The molecule has 0 aromatic heterocycles. The van der Waals surface area contributed by atoms with Crippen LogP contribution in [0.1, 0.15) is 11.1 Å². The second-order valence-electron chi connectivity index (χ2n) is 7.78. The fourth-order valence-corrected chi connectivity index (χ4v) is 4.75. The summed E-state index contributed by atoms with van der Waals surface area (Å²) in [6.07, 6.45) is 1.10. The highest BCUT2D eigenvalue weighted by Crippen LogP contribution is 2.36. The predicted octanol–water partition coefficient (Wildman–Crippen LogP) is 7.84. The SMILES string of the molecule is c1cc2ccc3cccc4ccc(c1)c2c34.c1ccc2c(c1)Cc1ccccc1-2. The summed E-state index contributed by atoms with van der Waals surface area (Å²) >= 11 is 0. The topological polar surface area (TPSA) is 0 Å². The third-order valence-corrected chi connectivity index (χ3v) is 6.10. The maximum Gasteiger partial charge on any atom is -0.00135 e. The van der Waals surface area contributed by atoms with E-state index in [1.54, 1.807) is 0 Å². The van der Waals surface area contributed by atoms with Crippen molar-refractivity contribution < 1.29 is 0 Å². The zero-order valence-electron chi connectivity index (χ0n) is 16.1. The first-order valence-electron chi connectivity index (χ1n) is 10.2. The maximum absolute atomic E-state index is 2.22. The lowest BCUT2D eigenvalue weighted by molar-refractivity contribution is 1.26. The average Bonchev–Trinajstić information content (AvgIpc) is 3.17. The first kappa shape index (κ1) is 16.3. The highest BCUT2D eigenvalue weighted by atomic mass is 14.2. The number of rotatable bonds is 0. The zero-order chi connectivity index (χ0) is 19.2. The molecule has 29 heavy (non-hydrogen) atoms. The molecule has 7 rings (SSSR count). The van der Waals surface area contributed by atoms with Crippen LogP contribution in [0.15, 0.2) is 109 Å². The Morgan fingerprint density at radius 2 is 0.724 bits per heavy atom. The lowest BCUT2D eigenvalue weighted by Crippen LogP contribution is -1.82. The van der Waals surface area contributed by atoms with Gasteiger partial charge in [-0.1, -0.05) is 109 Å². The van der Waals surface area contributed by atoms with Crippen molar-refractivity contribution in [2.75, 3.05) is 0 Å². The molecule has 0 saturated carbocycles. The summed E-state index contributed by atoms with van der Waals surface area (Å²) in [7, 11) is 0. The molecular formula is C29H20. The molecule has 0 atom stereocenters. The van der Waals surface area contributed by atoms with Gasteiger partial charge in [0.2, 0.25) is 0 Å². The minimum atomic E-state index is 1.10. The molecule has 136 valence electrons. The van der Waals surface area contributed by atoms with Gasteiger partial charge in [-0.3, -0.25) is 0 Å². The van der Waals surface area contributed by atoms with Gasteiger partial charge in [0, 0.05) is 0 Å². The van der Waals surface area contributed by atoms with E-state index in [0.717, 1.165) is 6.42 Å². The Labute approximate surface area is 170 Å². The van der Waals surface area contributed by atoms with Crippen molar-refractivity contribution in [2.24, 2.45) is 0 Å². The Hall–Kier alpha value is -3.64. The standard InChI is InChI=1S/C16H10.C13H10/c1-3-11-7-9-13-5-2-6-14-10-8-12(4-1)15(11)16(13)14;1-3-7-12-10(5-1)9-11-6-2-4-8-13(11)12/h1-10H;1-8H,9H2. The monoisotopic (exact) mass is 368 g/mol. The van der Waals surface area contributed by atoms with E-state index >= 15 is 0 Å². The first-order chi connectivity index (χ1) is 14.4. The zero-order valence-corrected chi connectivity index (χ0v) is 16.1. The van der Waals surface area contributed by atoms with Gasteiger partial charge in [0.25, 0.3) is 0 Å². The molecule has 0 saturated heterocycles. The predicted molar refractivity (Wildman–Crippen MR) is 125 cm³/mol. The number of fused-ring (bicyclic) bond motifs is 3. The Morgan fingerprint density at radius 3 is 1.14 bits per heavy atom. The van der Waals surface area contributed by atoms with Crippen molar-refractivity contribution in [3.05, 3.63) is 120 Å². The third-order valence-electron chi connectivity index (χ3n) is 6.10. The summed E-state index contributed by atoms with van der Waals surface area (Å²) < 4.78 is 0. The minimum absolute atomic E-state index is 1.10. The highest BCUT2D eigenvalue weighted by molar-refractivity contribution is 6.22. The molecule has 0 aliphatic heterocycles. The van der Waals surface area contributed by atoms with Crippen LogP contribution in [0.4, 0.5) is 0 Å². The summed E-state index contributed by atoms with van der Waals surface area (Å²) in [5.74, 6) is 0. The Morgan fingerprint density at radius 1 is 0.345 bits per heavy atom. The van der Waals surface area contributed by atoms with Crippen LogP contribution in [0.3, 0.4) is 0 Å². The smallest absolute Gasteiger partial charge is 0.00135 e. The molecule has 0 unspecified atom stereocenters. The number of hydrogen-bond acceptors (Lipinski definition) is 0. The van der Waals surface area contributed by atoms with Crippen molar-refractivity contribution in [3.63, 3.8) is 0 Å². The van der Waals surface area contributed by atoms with Gasteiger partial charge in [0.1, 0.15) is 0 Å². The van der Waals surface area contributed by atoms with Gasteiger partial charge in [0.15, 0.2) is 0 Å². The van der Waals surface area contributed by atoms with Gasteiger partial charge in [-0.2, -0.15) is 0 Å². The molecule has 0 heterocycles. The van der Waals surface area contributed by atoms with Crippen LogP contribution >= 0.6 is 0 Å². The van der Waals surface area contributed by atoms with Gasteiger partial charge in [-0.05, 0) is 61.0 Å². The van der Waals surface area contributed by atoms with E-state index in [4.69, 9.17) is 0 Å². The van der Waals surface area contributed by atoms with E-state index in [9.17, 15) is 0 Å². The van der Waals surface area contributed by atoms with Crippen molar-refractivity contribution in [2.45, 2.75) is 6.42 Å². The van der Waals surface area contributed by atoms with Gasteiger partial charge in [-0.15, -0.1) is 0 Å². The Balaban J connectivity index is 0.000000117. The van der Waals surface area contributed by atoms with E-state index in [1.807, 2.05) is 0 Å². The van der Waals surface area contributed by atoms with Gasteiger partial charge >= 0.3 is 0 Å². The second-order valence-corrected chi connectivity index (χ2v) is 7.78. The molecule has 0 amide bonds. The van der Waals surface area contributed by atoms with Gasteiger partial charge < -0.3 is 0 Å². The van der Waals surface area contributed by atoms with Crippen LogP contribution in [0.5, 0.6) is 0 Å². The van der Waals surface area contributed by atoms with Crippen LogP contribution in [-0.2, 0) is 6.42 Å². The molecule has 6 aromatic carbocycles. The molecular weight excluding hydrogens is 348 g/mol. The lowest BCUT2D eigenvalue weighted by atomic mass is 9.95. The number of benzene rings is 6. The molecule has 1 aliphatic rings. The molecule has 0 N–H and O–H groups in total. The summed E-state index contributed by atoms with van der Waals surface area (Å²) in [4.78, 5) is 0. The average molecular weight is 368 g/mol. The van der Waals surface area contributed by atoms with E-state index in [-0.39, 0.29) is 0 Å². The summed E-state index contributed by atoms with van der Waals surface area (Å²) in [5.41, 5.74) is 5.75. The summed E-state index contributed by atoms with van der Waals surface area (Å²) in [6, 6.07) is 39.2. The van der Waals surface area contributed by atoms with E-state index < -0.39 is 0 Å². The van der Waals surface area contributed by atoms with Gasteiger partial charge in [0.05, 0.1) is 0 Å². The fourth-order valence-electron chi connectivity index (χ4n) is 4.75. The van der Waals surface area contributed by atoms with E-state index in [2.05, 4.69) is 109 Å². The maximum atomic E-state index is 2.22. The Kier molecular flexibility index (Phi) is 3.64. The second kappa shape index (κ2) is 6.46. The molecule has 1 aliphatic carbocycles. The third kappa shape index (κ3) is 2.61. The van der Waals surface area contributed by atoms with E-state index in [0.29, 0.717) is 0 Å².